The van der Waals surface area contributed by atoms with E-state index in [1.54, 1.807) is 23.3 Å². The molecule has 2 nitrogen and oxygen atoms in total. The van der Waals surface area contributed by atoms with E-state index in [4.69, 9.17) is 0 Å². The van der Waals surface area contributed by atoms with E-state index in [-0.39, 0.29) is 39.7 Å². The van der Waals surface area contributed by atoms with Crippen LogP contribution in [0.1, 0.15) is 35.1 Å². The topological polar surface area (TPSA) is 25.8 Å². The fourth-order valence-electron chi connectivity index (χ4n) is 4.22. The number of nitrogens with zero attached hydrogens (tertiary/aromatic N) is 2. The van der Waals surface area contributed by atoms with Gasteiger partial charge in [0.15, 0.2) is 0 Å². The van der Waals surface area contributed by atoms with Gasteiger partial charge in [-0.05, 0) is 0 Å². The Labute approximate surface area is 269 Å². The number of pyridine rings is 2. The normalized spacial score (nSPS) is 12.3. The molecule has 0 bridgehead atoms. The Hall–Kier alpha value is -2.62. The van der Waals surface area contributed by atoms with Gasteiger partial charge in [-0.25, -0.2) is 0 Å². The molecule has 2 aromatic heterocycles. The quantitative estimate of drug-likeness (QED) is 0.163. The molecule has 0 saturated heterocycles. The van der Waals surface area contributed by atoms with Crippen molar-refractivity contribution in [2.45, 2.75) is 12.8 Å². The van der Waals surface area contributed by atoms with Crippen LogP contribution in [0.25, 0.3) is 22.3 Å². The Morgan fingerprint density at radius 1 is 0.500 bits per heavy atom. The molecule has 2 aliphatic rings. The summed E-state index contributed by atoms with van der Waals surface area (Å²) in [5, 5.41) is 0. The van der Waals surface area contributed by atoms with Crippen LogP contribution in [0.4, 0.5) is 0 Å². The molecule has 6 heteroatoms. The number of allylic oxidation sites excluding steroid dienone is 8. The first-order valence-corrected chi connectivity index (χ1v) is 17.7. The molecule has 0 amide bonds. The van der Waals surface area contributed by atoms with Crippen molar-refractivity contribution in [2.24, 2.45) is 0 Å². The minimum absolute atomic E-state index is 0. The van der Waals surface area contributed by atoms with Gasteiger partial charge in [-0.2, -0.15) is 23.3 Å². The van der Waals surface area contributed by atoms with Gasteiger partial charge in [0.25, 0.3) is 0 Å². The van der Waals surface area contributed by atoms with Gasteiger partial charge in [-0.3, -0.25) is 9.97 Å². The van der Waals surface area contributed by atoms with Crippen LogP contribution in [0.15, 0.2) is 122 Å². The van der Waals surface area contributed by atoms with E-state index in [1.807, 2.05) is 68.1 Å². The molecule has 0 atom stereocenters. The van der Waals surface area contributed by atoms with Crippen LogP contribution in [-0.2, 0) is 23.3 Å². The average Bonchev–Trinajstić information content (AvgIpc) is 3.67. The predicted octanol–water partition coefficient (Wildman–Crippen LogP) is 8.34. The van der Waals surface area contributed by atoms with Crippen LogP contribution >= 0.6 is 24.8 Å². The molecule has 0 N–H and O–H groups in total. The SMILES string of the molecule is Cl.Cl.[C-]1=C(c2ccncc2)C(c2ccccc2)=CC1.[C-]1=C(c2ccncc2)C(c2ccccc2)=CC1.[CH3-].[CH3-].[SiH2]=[Zr]. The molecule has 0 radical (unpaired) electrons. The van der Waals surface area contributed by atoms with Crippen molar-refractivity contribution in [1.82, 2.24) is 9.97 Å². The van der Waals surface area contributed by atoms with Gasteiger partial charge in [0.2, 0.25) is 0 Å². The third-order valence-electron chi connectivity index (χ3n) is 5.82. The third-order valence-corrected chi connectivity index (χ3v) is 5.82. The van der Waals surface area contributed by atoms with Crippen molar-refractivity contribution in [3.63, 3.8) is 0 Å². The number of aromatic nitrogens is 2. The average molecular weight is 661 g/mol. The maximum atomic E-state index is 4.05. The summed E-state index contributed by atoms with van der Waals surface area (Å²) >= 11 is 1.58. The zero-order valence-electron chi connectivity index (χ0n) is 22.9. The van der Waals surface area contributed by atoms with E-state index in [1.165, 1.54) is 44.5 Å². The summed E-state index contributed by atoms with van der Waals surface area (Å²) in [6.07, 6.45) is 20.4. The molecular weight excluding hydrogens is 627 g/mol. The monoisotopic (exact) mass is 658 g/mol. The van der Waals surface area contributed by atoms with Crippen LogP contribution in [-0.4, -0.2) is 16.8 Å². The zero-order chi connectivity index (χ0) is 25.0. The first-order chi connectivity index (χ1) is 17.9. The van der Waals surface area contributed by atoms with E-state index in [9.17, 15) is 0 Å². The van der Waals surface area contributed by atoms with Gasteiger partial charge in [-0.15, -0.1) is 59.2 Å². The fourth-order valence-corrected chi connectivity index (χ4v) is 4.22. The van der Waals surface area contributed by atoms with E-state index in [2.05, 4.69) is 82.8 Å². The standard InChI is InChI=1S/2C16H12N.2CH3.2ClH.H2Si.Zr/c2*1-2-5-13(6-3-1)15-7-4-8-16(15)14-9-11-17-12-10-14;;;;;;/h2*1-3,5-7,9-12H,4H2;2*1H3;2*1H;1H2;/q4*-1;;;;. The summed E-state index contributed by atoms with van der Waals surface area (Å²) in [6.45, 7) is 1.95. The van der Waals surface area contributed by atoms with Crippen LogP contribution in [0.5, 0.6) is 0 Å². The first kappa shape index (κ1) is 37.4. The van der Waals surface area contributed by atoms with E-state index >= 15 is 0 Å². The van der Waals surface area contributed by atoms with Gasteiger partial charge >= 0.3 is 30.2 Å². The van der Waals surface area contributed by atoms with Gasteiger partial charge in [-0.1, -0.05) is 109 Å². The Balaban J connectivity index is 0.000000655. The van der Waals surface area contributed by atoms with Crippen molar-refractivity contribution in [3.8, 4) is 0 Å². The summed E-state index contributed by atoms with van der Waals surface area (Å²) in [7, 11) is 0. The summed E-state index contributed by atoms with van der Waals surface area (Å²) in [5.41, 5.74) is 9.82. The number of rotatable bonds is 4. The van der Waals surface area contributed by atoms with Crippen LogP contribution in [0, 0.1) is 27.0 Å². The Bertz CT molecular complexity index is 1170. The second kappa shape index (κ2) is 20.3. The maximum absolute atomic E-state index is 4.05. The zero-order valence-corrected chi connectivity index (χ0v) is 28.4. The molecule has 4 aromatic rings. The van der Waals surface area contributed by atoms with Gasteiger partial charge in [0.1, 0.15) is 0 Å². The molecule has 2 aromatic carbocycles. The first-order valence-electron chi connectivity index (χ1n) is 11.8. The third kappa shape index (κ3) is 9.78. The van der Waals surface area contributed by atoms with Crippen molar-refractivity contribution >= 4 is 54.0 Å². The summed E-state index contributed by atoms with van der Waals surface area (Å²) < 4.78 is 0. The van der Waals surface area contributed by atoms with Crippen molar-refractivity contribution < 1.29 is 23.3 Å². The minimum atomic E-state index is 0. The summed E-state index contributed by atoms with van der Waals surface area (Å²) in [4.78, 5) is 8.11. The molecule has 0 aliphatic heterocycles. The molecule has 0 unspecified atom stereocenters. The summed E-state index contributed by atoms with van der Waals surface area (Å²) in [6, 6.07) is 29.0. The number of hydrogen-bond donors (Lipinski definition) is 0. The van der Waals surface area contributed by atoms with Crippen molar-refractivity contribution in [3.05, 3.63) is 171 Å². The molecule has 0 saturated carbocycles. The van der Waals surface area contributed by atoms with E-state index in [0.29, 0.717) is 0 Å². The number of halogens is 2. The predicted molar refractivity (Wildman–Crippen MR) is 176 cm³/mol. The van der Waals surface area contributed by atoms with E-state index < -0.39 is 0 Å². The Morgan fingerprint density at radius 2 is 0.825 bits per heavy atom. The number of hydrogen-bond acceptors (Lipinski definition) is 2. The molecule has 2 aliphatic carbocycles. The molecule has 0 spiro atoms. The van der Waals surface area contributed by atoms with Crippen molar-refractivity contribution in [1.29, 1.82) is 0 Å². The second-order valence-corrected chi connectivity index (χ2v) is 7.95. The molecular formula is C34H34Cl2N2SiZr-4. The van der Waals surface area contributed by atoms with Gasteiger partial charge in [0.05, 0.1) is 0 Å². The van der Waals surface area contributed by atoms with Crippen molar-refractivity contribution in [2.75, 3.05) is 0 Å². The second-order valence-electron chi connectivity index (χ2n) is 7.95. The van der Waals surface area contributed by atoms with E-state index in [0.717, 1.165) is 12.8 Å². The van der Waals surface area contributed by atoms with Crippen LogP contribution in [0.3, 0.4) is 0 Å². The van der Waals surface area contributed by atoms with Crippen LogP contribution in [0.2, 0.25) is 0 Å². The fraction of sp³-hybridized carbons (Fsp3) is 0.0588. The number of benzene rings is 2. The van der Waals surface area contributed by atoms with Crippen LogP contribution < -0.4 is 0 Å². The summed E-state index contributed by atoms with van der Waals surface area (Å²) in [5.74, 6) is 0. The molecule has 40 heavy (non-hydrogen) atoms. The Morgan fingerprint density at radius 3 is 1.15 bits per heavy atom. The van der Waals surface area contributed by atoms with Gasteiger partial charge < -0.3 is 14.9 Å². The molecule has 2 heterocycles. The van der Waals surface area contributed by atoms with Gasteiger partial charge in [0, 0.05) is 24.8 Å². The molecule has 6 rings (SSSR count). The molecule has 206 valence electrons. The molecule has 0 fully saturated rings. The Kier molecular flexibility index (Phi) is 19.0.